The second-order valence-electron chi connectivity index (χ2n) is 8.96. The van der Waals surface area contributed by atoms with Crippen LogP contribution in [0, 0.1) is 17.5 Å². The van der Waals surface area contributed by atoms with E-state index in [1.165, 1.54) is 12.1 Å². The van der Waals surface area contributed by atoms with Gasteiger partial charge in [0.25, 0.3) is 0 Å². The standard InChI is InChI=1S/C32H35F3/c1-3-5-7-11-24-15-16-25(30(33)21-24)13-9-10-14-27-18-20-29(23-32(27)35)28-19-17-26(31(34)22-28)12-8-6-4-2/h3-6,15-23H,7-14H2,1-2H3/b5-3+,6-4+. The lowest BCUT2D eigenvalue weighted by Crippen LogP contribution is -1.97. The molecule has 0 N–H and O–H groups in total. The highest BCUT2D eigenvalue weighted by molar-refractivity contribution is 5.64. The molecule has 0 saturated carbocycles. The molecule has 3 rings (SSSR count). The van der Waals surface area contributed by atoms with Crippen molar-refractivity contribution in [2.24, 2.45) is 0 Å². The number of benzene rings is 3. The molecule has 0 unspecified atom stereocenters. The van der Waals surface area contributed by atoms with Crippen LogP contribution in [0.15, 0.2) is 78.9 Å². The zero-order valence-corrected chi connectivity index (χ0v) is 20.8. The topological polar surface area (TPSA) is 0 Å². The Bertz CT molecular complexity index is 1160. The summed E-state index contributed by atoms with van der Waals surface area (Å²) in [6, 6.07) is 15.7. The Kier molecular flexibility index (Phi) is 10.4. The van der Waals surface area contributed by atoms with E-state index in [0.717, 1.165) is 37.7 Å². The number of hydrogen-bond donors (Lipinski definition) is 0. The molecular formula is C32H35F3. The minimum atomic E-state index is -0.281. The van der Waals surface area contributed by atoms with Gasteiger partial charge in [-0.15, -0.1) is 0 Å². The summed E-state index contributed by atoms with van der Waals surface area (Å²) in [5.41, 5.74) is 4.37. The first kappa shape index (κ1) is 26.5. The fraction of sp³-hybridized carbons (Fsp3) is 0.312. The van der Waals surface area contributed by atoms with Crippen molar-refractivity contribution in [3.63, 3.8) is 0 Å². The summed E-state index contributed by atoms with van der Waals surface area (Å²) in [5, 5.41) is 0. The predicted octanol–water partition coefficient (Wildman–Crippen LogP) is 9.35. The Morgan fingerprint density at radius 2 is 1.00 bits per heavy atom. The summed E-state index contributed by atoms with van der Waals surface area (Å²) in [7, 11) is 0. The van der Waals surface area contributed by atoms with Gasteiger partial charge in [-0.25, -0.2) is 13.2 Å². The lowest BCUT2D eigenvalue weighted by atomic mass is 9.98. The number of allylic oxidation sites excluding steroid dienone is 4. The van der Waals surface area contributed by atoms with Crippen LogP contribution < -0.4 is 0 Å². The van der Waals surface area contributed by atoms with Crippen LogP contribution in [-0.2, 0) is 25.7 Å². The van der Waals surface area contributed by atoms with Gasteiger partial charge >= 0.3 is 0 Å². The quantitative estimate of drug-likeness (QED) is 0.180. The normalized spacial score (nSPS) is 11.7. The summed E-state index contributed by atoms with van der Waals surface area (Å²) in [5.74, 6) is -0.690. The van der Waals surface area contributed by atoms with E-state index in [2.05, 4.69) is 6.08 Å². The maximum absolute atomic E-state index is 14.7. The minimum absolute atomic E-state index is 0.154. The minimum Gasteiger partial charge on any atom is -0.207 e. The van der Waals surface area contributed by atoms with Gasteiger partial charge in [0, 0.05) is 0 Å². The number of halogens is 3. The molecule has 0 radical (unpaired) electrons. The second kappa shape index (κ2) is 13.7. The number of hydrogen-bond acceptors (Lipinski definition) is 0. The van der Waals surface area contributed by atoms with Crippen molar-refractivity contribution >= 4 is 0 Å². The molecule has 0 bridgehead atoms. The molecule has 0 aromatic heterocycles. The van der Waals surface area contributed by atoms with Crippen LogP contribution in [0.4, 0.5) is 13.2 Å². The van der Waals surface area contributed by atoms with E-state index in [9.17, 15) is 13.2 Å². The van der Waals surface area contributed by atoms with Crippen molar-refractivity contribution in [3.05, 3.63) is 119 Å². The zero-order chi connectivity index (χ0) is 25.0. The highest BCUT2D eigenvalue weighted by Gasteiger charge is 2.09. The van der Waals surface area contributed by atoms with E-state index in [0.29, 0.717) is 47.1 Å². The van der Waals surface area contributed by atoms with Crippen molar-refractivity contribution in [1.29, 1.82) is 0 Å². The summed E-state index contributed by atoms with van der Waals surface area (Å²) in [6.45, 7) is 3.93. The van der Waals surface area contributed by atoms with Gasteiger partial charge in [0.05, 0.1) is 0 Å². The van der Waals surface area contributed by atoms with Crippen molar-refractivity contribution in [1.82, 2.24) is 0 Å². The maximum atomic E-state index is 14.7. The molecule has 35 heavy (non-hydrogen) atoms. The third-order valence-electron chi connectivity index (χ3n) is 6.35. The van der Waals surface area contributed by atoms with Crippen LogP contribution in [0.1, 0.15) is 61.8 Å². The molecule has 0 fully saturated rings. The van der Waals surface area contributed by atoms with E-state index in [-0.39, 0.29) is 17.5 Å². The van der Waals surface area contributed by atoms with Crippen LogP contribution in [0.5, 0.6) is 0 Å². The van der Waals surface area contributed by atoms with Crippen LogP contribution in [0.25, 0.3) is 11.1 Å². The molecule has 0 spiro atoms. The molecule has 3 aromatic carbocycles. The van der Waals surface area contributed by atoms with Gasteiger partial charge in [0.1, 0.15) is 17.5 Å². The largest absolute Gasteiger partial charge is 0.207 e. The van der Waals surface area contributed by atoms with Crippen molar-refractivity contribution in [3.8, 4) is 11.1 Å². The molecule has 0 aliphatic carbocycles. The Morgan fingerprint density at radius 1 is 0.543 bits per heavy atom. The Labute approximate surface area is 208 Å². The molecule has 0 amide bonds. The molecule has 0 atom stereocenters. The van der Waals surface area contributed by atoms with Gasteiger partial charge in [0.2, 0.25) is 0 Å². The summed E-state index contributed by atoms with van der Waals surface area (Å²) in [6.07, 6.45) is 14.0. The third-order valence-corrected chi connectivity index (χ3v) is 6.35. The van der Waals surface area contributed by atoms with E-state index in [1.807, 2.05) is 56.3 Å². The Balaban J connectivity index is 1.53. The van der Waals surface area contributed by atoms with E-state index >= 15 is 0 Å². The van der Waals surface area contributed by atoms with Crippen molar-refractivity contribution < 1.29 is 13.2 Å². The van der Waals surface area contributed by atoms with Gasteiger partial charge in [-0.2, -0.15) is 0 Å². The highest BCUT2D eigenvalue weighted by Crippen LogP contribution is 2.26. The fourth-order valence-electron chi connectivity index (χ4n) is 4.26. The molecule has 0 aliphatic rings. The lowest BCUT2D eigenvalue weighted by molar-refractivity contribution is 0.587. The van der Waals surface area contributed by atoms with Gasteiger partial charge in [-0.05, 0) is 117 Å². The van der Waals surface area contributed by atoms with E-state index in [1.54, 1.807) is 18.2 Å². The predicted molar refractivity (Wildman–Crippen MR) is 141 cm³/mol. The average molecular weight is 477 g/mol. The third kappa shape index (κ3) is 7.99. The van der Waals surface area contributed by atoms with E-state index in [4.69, 9.17) is 0 Å². The molecule has 0 heterocycles. The van der Waals surface area contributed by atoms with Crippen molar-refractivity contribution in [2.45, 2.75) is 65.2 Å². The summed E-state index contributed by atoms with van der Waals surface area (Å²) < 4.78 is 43.6. The Hall–Kier alpha value is -3.07. The van der Waals surface area contributed by atoms with Gasteiger partial charge in [0.15, 0.2) is 0 Å². The van der Waals surface area contributed by atoms with Gasteiger partial charge < -0.3 is 0 Å². The zero-order valence-electron chi connectivity index (χ0n) is 20.8. The molecular weight excluding hydrogens is 441 g/mol. The number of unbranched alkanes of at least 4 members (excludes halogenated alkanes) is 1. The number of aryl methyl sites for hydroxylation is 4. The smallest absolute Gasteiger partial charge is 0.127 e. The summed E-state index contributed by atoms with van der Waals surface area (Å²) >= 11 is 0. The first-order chi connectivity index (χ1) is 17.0. The Morgan fingerprint density at radius 3 is 1.49 bits per heavy atom. The molecule has 0 aliphatic heterocycles. The highest BCUT2D eigenvalue weighted by atomic mass is 19.1. The van der Waals surface area contributed by atoms with Crippen LogP contribution in [0.3, 0.4) is 0 Å². The molecule has 3 aromatic rings. The number of rotatable bonds is 12. The fourth-order valence-corrected chi connectivity index (χ4v) is 4.26. The second-order valence-corrected chi connectivity index (χ2v) is 8.96. The molecule has 3 heteroatoms. The first-order valence-electron chi connectivity index (χ1n) is 12.6. The maximum Gasteiger partial charge on any atom is 0.127 e. The van der Waals surface area contributed by atoms with E-state index < -0.39 is 0 Å². The molecule has 0 saturated heterocycles. The van der Waals surface area contributed by atoms with Gasteiger partial charge in [-0.1, -0.05) is 60.7 Å². The molecule has 184 valence electrons. The van der Waals surface area contributed by atoms with Crippen molar-refractivity contribution in [2.75, 3.05) is 0 Å². The monoisotopic (exact) mass is 476 g/mol. The van der Waals surface area contributed by atoms with Crippen LogP contribution in [0.2, 0.25) is 0 Å². The molecule has 0 nitrogen and oxygen atoms in total. The summed E-state index contributed by atoms with van der Waals surface area (Å²) in [4.78, 5) is 0. The first-order valence-corrected chi connectivity index (χ1v) is 12.6. The SMILES string of the molecule is C/C=C/CCc1ccc(CCCCc2ccc(-c3ccc(CC/C=C/C)c(F)c3)cc2F)c(F)c1. The average Bonchev–Trinajstić information content (AvgIpc) is 2.85. The van der Waals surface area contributed by atoms with Crippen LogP contribution in [-0.4, -0.2) is 0 Å². The van der Waals surface area contributed by atoms with Gasteiger partial charge in [-0.3, -0.25) is 0 Å². The van der Waals surface area contributed by atoms with Crippen LogP contribution >= 0.6 is 0 Å². The lowest BCUT2D eigenvalue weighted by Gasteiger charge is -2.09.